The van der Waals surface area contributed by atoms with Crippen molar-refractivity contribution in [1.82, 2.24) is 20.1 Å². The van der Waals surface area contributed by atoms with E-state index in [4.69, 9.17) is 0 Å². The fourth-order valence-corrected chi connectivity index (χ4v) is 3.39. The average Bonchev–Trinajstić information content (AvgIpc) is 2.66. The highest BCUT2D eigenvalue weighted by Gasteiger charge is 2.27. The number of guanidine groups is 1. The third-order valence-corrected chi connectivity index (χ3v) is 5.14. The van der Waals surface area contributed by atoms with Gasteiger partial charge in [0, 0.05) is 44.5 Å². The van der Waals surface area contributed by atoms with Gasteiger partial charge in [-0.2, -0.15) is 0 Å². The highest BCUT2D eigenvalue weighted by molar-refractivity contribution is 5.79. The standard InChI is InChI=1S/C20H35N5O/c1-20(2,25-15-7-4-8-16-25)17-23-19(21-3)22-12-6-10-14-24-13-9-5-11-18(24)26/h5,9,11,13H,4,6-8,10,12,14-17H2,1-3H3,(H2,21,22,23). The van der Waals surface area contributed by atoms with Gasteiger partial charge in [0.1, 0.15) is 0 Å². The minimum absolute atomic E-state index is 0.0675. The van der Waals surface area contributed by atoms with Gasteiger partial charge in [-0.15, -0.1) is 0 Å². The molecule has 6 nitrogen and oxygen atoms in total. The number of unbranched alkanes of at least 4 members (excludes halogenated alkanes) is 1. The smallest absolute Gasteiger partial charge is 0.250 e. The second kappa shape index (κ2) is 10.4. The SMILES string of the molecule is CN=C(NCCCCn1ccccc1=O)NCC(C)(C)N1CCCCC1. The third-order valence-electron chi connectivity index (χ3n) is 5.14. The van der Waals surface area contributed by atoms with Gasteiger partial charge < -0.3 is 15.2 Å². The lowest BCUT2D eigenvalue weighted by Crippen LogP contribution is -2.54. The number of aromatic nitrogens is 1. The first-order valence-electron chi connectivity index (χ1n) is 9.88. The molecule has 0 aromatic carbocycles. The molecular weight excluding hydrogens is 326 g/mol. The van der Waals surface area contributed by atoms with E-state index < -0.39 is 0 Å². The van der Waals surface area contributed by atoms with E-state index >= 15 is 0 Å². The Balaban J connectivity index is 1.66. The van der Waals surface area contributed by atoms with Crippen LogP contribution in [0.25, 0.3) is 0 Å². The number of pyridine rings is 1. The summed E-state index contributed by atoms with van der Waals surface area (Å²) in [5, 5.41) is 6.85. The molecule has 6 heteroatoms. The van der Waals surface area contributed by atoms with Gasteiger partial charge in [0.2, 0.25) is 5.56 Å². The Labute approximate surface area is 157 Å². The normalized spacial score (nSPS) is 16.5. The number of hydrogen-bond acceptors (Lipinski definition) is 3. The zero-order chi connectivity index (χ0) is 18.8. The van der Waals surface area contributed by atoms with Crippen LogP contribution >= 0.6 is 0 Å². The maximum absolute atomic E-state index is 11.7. The zero-order valence-corrected chi connectivity index (χ0v) is 16.6. The van der Waals surface area contributed by atoms with Crippen LogP contribution < -0.4 is 16.2 Å². The molecule has 1 saturated heterocycles. The van der Waals surface area contributed by atoms with Crippen LogP contribution in [0, 0.1) is 0 Å². The highest BCUT2D eigenvalue weighted by atomic mass is 16.1. The van der Waals surface area contributed by atoms with Gasteiger partial charge in [0.15, 0.2) is 5.96 Å². The van der Waals surface area contributed by atoms with Crippen LogP contribution in [0.1, 0.15) is 46.0 Å². The highest BCUT2D eigenvalue weighted by Crippen LogP contribution is 2.19. The van der Waals surface area contributed by atoms with Crippen LogP contribution in [0.3, 0.4) is 0 Å². The summed E-state index contributed by atoms with van der Waals surface area (Å²) < 4.78 is 1.76. The zero-order valence-electron chi connectivity index (χ0n) is 16.6. The summed E-state index contributed by atoms with van der Waals surface area (Å²) in [6.45, 7) is 9.48. The van der Waals surface area contributed by atoms with E-state index in [0.717, 1.165) is 38.4 Å². The second-order valence-corrected chi connectivity index (χ2v) is 7.65. The molecule has 1 aromatic heterocycles. The fourth-order valence-electron chi connectivity index (χ4n) is 3.39. The Hall–Kier alpha value is -1.82. The van der Waals surface area contributed by atoms with E-state index in [2.05, 4.69) is 34.4 Å². The molecule has 0 amide bonds. The first-order valence-corrected chi connectivity index (χ1v) is 9.88. The Morgan fingerprint density at radius 3 is 2.62 bits per heavy atom. The summed E-state index contributed by atoms with van der Waals surface area (Å²) in [5.41, 5.74) is 0.199. The third kappa shape index (κ3) is 6.48. The number of likely N-dealkylation sites (tertiary alicyclic amines) is 1. The molecule has 26 heavy (non-hydrogen) atoms. The minimum Gasteiger partial charge on any atom is -0.356 e. The second-order valence-electron chi connectivity index (χ2n) is 7.65. The van der Waals surface area contributed by atoms with E-state index in [-0.39, 0.29) is 11.1 Å². The molecule has 1 aliphatic rings. The molecule has 0 atom stereocenters. The van der Waals surface area contributed by atoms with Crippen molar-refractivity contribution in [1.29, 1.82) is 0 Å². The molecule has 0 radical (unpaired) electrons. The van der Waals surface area contributed by atoms with Gasteiger partial charge >= 0.3 is 0 Å². The number of aryl methyl sites for hydroxylation is 1. The van der Waals surface area contributed by atoms with Crippen molar-refractivity contribution in [3.63, 3.8) is 0 Å². The van der Waals surface area contributed by atoms with Crippen LogP contribution in [-0.4, -0.2) is 54.2 Å². The van der Waals surface area contributed by atoms with Crippen LogP contribution in [-0.2, 0) is 6.54 Å². The van der Waals surface area contributed by atoms with Gasteiger partial charge in [-0.05, 0) is 58.7 Å². The van der Waals surface area contributed by atoms with E-state index in [1.54, 1.807) is 16.7 Å². The topological polar surface area (TPSA) is 61.7 Å². The molecular formula is C20H35N5O. The summed E-state index contributed by atoms with van der Waals surface area (Å²) in [4.78, 5) is 18.6. The molecule has 1 aliphatic heterocycles. The van der Waals surface area contributed by atoms with E-state index in [0.29, 0.717) is 0 Å². The van der Waals surface area contributed by atoms with E-state index in [9.17, 15) is 4.79 Å². The van der Waals surface area contributed by atoms with Crippen LogP contribution in [0.4, 0.5) is 0 Å². The molecule has 0 unspecified atom stereocenters. The monoisotopic (exact) mass is 361 g/mol. The van der Waals surface area contributed by atoms with Crippen molar-refractivity contribution in [2.24, 2.45) is 4.99 Å². The average molecular weight is 362 g/mol. The van der Waals surface area contributed by atoms with Crippen molar-refractivity contribution in [2.45, 2.75) is 58.0 Å². The van der Waals surface area contributed by atoms with Gasteiger partial charge in [-0.3, -0.25) is 14.7 Å². The lowest BCUT2D eigenvalue weighted by Gasteiger charge is -2.41. The summed E-state index contributed by atoms with van der Waals surface area (Å²) >= 11 is 0. The number of piperidine rings is 1. The van der Waals surface area contributed by atoms with Gasteiger partial charge in [0.05, 0.1) is 0 Å². The van der Waals surface area contributed by atoms with Crippen molar-refractivity contribution in [2.75, 3.05) is 33.2 Å². The molecule has 0 spiro atoms. The van der Waals surface area contributed by atoms with E-state index in [1.807, 2.05) is 19.3 Å². The molecule has 2 heterocycles. The minimum atomic E-state index is 0.0675. The quantitative estimate of drug-likeness (QED) is 0.423. The Kier molecular flexibility index (Phi) is 8.16. The van der Waals surface area contributed by atoms with Gasteiger partial charge in [-0.1, -0.05) is 12.5 Å². The van der Waals surface area contributed by atoms with Gasteiger partial charge in [-0.25, -0.2) is 0 Å². The van der Waals surface area contributed by atoms with Crippen LogP contribution in [0.2, 0.25) is 0 Å². The molecule has 1 fully saturated rings. The molecule has 0 saturated carbocycles. The maximum Gasteiger partial charge on any atom is 0.250 e. The lowest BCUT2D eigenvalue weighted by molar-refractivity contribution is 0.0982. The number of aliphatic imine (C=N–C) groups is 1. The maximum atomic E-state index is 11.7. The van der Waals surface area contributed by atoms with Crippen molar-refractivity contribution in [3.8, 4) is 0 Å². The largest absolute Gasteiger partial charge is 0.356 e. The molecule has 2 N–H and O–H groups in total. The first-order chi connectivity index (χ1) is 12.5. The van der Waals surface area contributed by atoms with Crippen LogP contribution in [0.15, 0.2) is 34.2 Å². The van der Waals surface area contributed by atoms with Crippen LogP contribution in [0.5, 0.6) is 0 Å². The number of nitrogens with zero attached hydrogens (tertiary/aromatic N) is 3. The Morgan fingerprint density at radius 1 is 1.15 bits per heavy atom. The van der Waals surface area contributed by atoms with Gasteiger partial charge in [0.25, 0.3) is 0 Å². The Morgan fingerprint density at radius 2 is 1.92 bits per heavy atom. The number of nitrogens with one attached hydrogen (secondary N) is 2. The molecule has 2 rings (SSSR count). The predicted molar refractivity (Wildman–Crippen MR) is 109 cm³/mol. The summed E-state index contributed by atoms with van der Waals surface area (Å²) in [6.07, 6.45) is 7.78. The molecule has 0 aliphatic carbocycles. The summed E-state index contributed by atoms with van der Waals surface area (Å²) in [5.74, 6) is 0.854. The molecule has 0 bridgehead atoms. The van der Waals surface area contributed by atoms with Crippen molar-refractivity contribution >= 4 is 5.96 Å². The first kappa shape index (κ1) is 20.5. The predicted octanol–water partition coefficient (Wildman–Crippen LogP) is 2.06. The van der Waals surface area contributed by atoms with E-state index in [1.165, 1.54) is 32.4 Å². The lowest BCUT2D eigenvalue weighted by atomic mass is 9.98. The summed E-state index contributed by atoms with van der Waals surface area (Å²) in [7, 11) is 1.81. The molecule has 146 valence electrons. The number of hydrogen-bond donors (Lipinski definition) is 2. The molecule has 1 aromatic rings. The summed E-state index contributed by atoms with van der Waals surface area (Å²) in [6, 6.07) is 5.28. The van der Waals surface area contributed by atoms with Crippen molar-refractivity contribution in [3.05, 3.63) is 34.7 Å². The fraction of sp³-hybridized carbons (Fsp3) is 0.700. The van der Waals surface area contributed by atoms with Crippen molar-refractivity contribution < 1.29 is 0 Å². The number of rotatable bonds is 8. The Bertz CT molecular complexity index is 617.